The number of halogens is 1. The van der Waals surface area contributed by atoms with E-state index in [1.165, 1.54) is 12.1 Å². The summed E-state index contributed by atoms with van der Waals surface area (Å²) < 4.78 is 14.1. The number of thiophene rings is 1. The highest BCUT2D eigenvalue weighted by Crippen LogP contribution is 2.35. The summed E-state index contributed by atoms with van der Waals surface area (Å²) in [4.78, 5) is 26.2. The Morgan fingerprint density at radius 1 is 1.32 bits per heavy atom. The van der Waals surface area contributed by atoms with Gasteiger partial charge in [-0.2, -0.15) is 0 Å². The lowest BCUT2D eigenvalue weighted by atomic mass is 10.1. The third kappa shape index (κ3) is 2.62. The summed E-state index contributed by atoms with van der Waals surface area (Å²) in [5.74, 6) is -2.39. The second kappa shape index (κ2) is 5.88. The van der Waals surface area contributed by atoms with Gasteiger partial charge in [-0.1, -0.05) is 6.07 Å². The van der Waals surface area contributed by atoms with Crippen molar-refractivity contribution in [3.63, 3.8) is 0 Å². The van der Waals surface area contributed by atoms with Crippen molar-refractivity contribution in [2.75, 3.05) is 6.54 Å². The molecule has 3 rings (SSSR count). The average Bonchev–Trinajstić information content (AvgIpc) is 3.16. The van der Waals surface area contributed by atoms with Crippen molar-refractivity contribution in [3.8, 4) is 0 Å². The van der Waals surface area contributed by atoms with Crippen LogP contribution in [-0.4, -0.2) is 28.4 Å². The van der Waals surface area contributed by atoms with Crippen LogP contribution < -0.4 is 0 Å². The Labute approximate surface area is 130 Å². The minimum atomic E-state index is -1.21. The summed E-state index contributed by atoms with van der Waals surface area (Å²) in [7, 11) is 0. The maximum absolute atomic E-state index is 14.1. The van der Waals surface area contributed by atoms with Crippen LogP contribution in [0.5, 0.6) is 0 Å². The number of benzene rings is 1. The monoisotopic (exact) mass is 319 g/mol. The molecule has 0 radical (unpaired) electrons. The molecule has 0 saturated carbocycles. The number of carboxylic acid groups (broad SMARTS) is 1. The molecule has 1 aliphatic heterocycles. The highest BCUT2D eigenvalue weighted by molar-refractivity contribution is 7.10. The molecule has 1 aromatic heterocycles. The first-order valence-corrected chi connectivity index (χ1v) is 7.83. The molecular formula is C16H14FNO3S. The molecule has 1 N–H and O–H groups in total. The Kier molecular flexibility index (Phi) is 3.94. The zero-order valence-corrected chi connectivity index (χ0v) is 12.5. The van der Waals surface area contributed by atoms with Crippen LogP contribution >= 0.6 is 11.3 Å². The number of hydrogen-bond donors (Lipinski definition) is 1. The van der Waals surface area contributed by atoms with Crippen LogP contribution in [0, 0.1) is 5.82 Å². The molecule has 1 aliphatic rings. The van der Waals surface area contributed by atoms with Crippen molar-refractivity contribution < 1.29 is 19.1 Å². The van der Waals surface area contributed by atoms with Gasteiger partial charge in [-0.05, 0) is 42.5 Å². The average molecular weight is 319 g/mol. The molecule has 1 unspecified atom stereocenters. The van der Waals surface area contributed by atoms with Gasteiger partial charge in [0.1, 0.15) is 5.82 Å². The summed E-state index contributed by atoms with van der Waals surface area (Å²) in [6.07, 6.45) is 1.74. The first-order chi connectivity index (χ1) is 10.6. The normalized spacial score (nSPS) is 17.7. The first-order valence-electron chi connectivity index (χ1n) is 6.95. The lowest BCUT2D eigenvalue weighted by Gasteiger charge is -2.24. The minimum Gasteiger partial charge on any atom is -0.478 e. The van der Waals surface area contributed by atoms with Crippen molar-refractivity contribution in [1.82, 2.24) is 4.90 Å². The molecule has 6 heteroatoms. The molecule has 1 amide bonds. The third-order valence-corrected chi connectivity index (χ3v) is 4.81. The Bertz CT molecular complexity index is 714. The lowest BCUT2D eigenvalue weighted by Crippen LogP contribution is -2.31. The van der Waals surface area contributed by atoms with Gasteiger partial charge in [-0.3, -0.25) is 4.79 Å². The number of carbonyl (C=O) groups excluding carboxylic acids is 1. The molecule has 22 heavy (non-hydrogen) atoms. The number of likely N-dealkylation sites (tertiary alicyclic amines) is 1. The fourth-order valence-corrected chi connectivity index (χ4v) is 3.64. The second-order valence-corrected chi connectivity index (χ2v) is 6.15. The van der Waals surface area contributed by atoms with Crippen LogP contribution in [0.15, 0.2) is 35.7 Å². The highest BCUT2D eigenvalue weighted by atomic mass is 32.1. The van der Waals surface area contributed by atoms with Gasteiger partial charge in [-0.25, -0.2) is 9.18 Å². The predicted octanol–water partition coefficient (Wildman–Crippen LogP) is 3.56. The molecule has 1 saturated heterocycles. The van der Waals surface area contributed by atoms with E-state index < -0.39 is 11.8 Å². The Balaban J connectivity index is 1.89. The van der Waals surface area contributed by atoms with Crippen LogP contribution in [-0.2, 0) is 0 Å². The zero-order chi connectivity index (χ0) is 15.7. The molecule has 4 nitrogen and oxygen atoms in total. The molecule has 114 valence electrons. The van der Waals surface area contributed by atoms with Crippen LogP contribution in [0.1, 0.15) is 44.5 Å². The van der Waals surface area contributed by atoms with E-state index in [-0.39, 0.29) is 23.1 Å². The fourth-order valence-electron chi connectivity index (χ4n) is 2.76. The molecule has 1 atom stereocenters. The van der Waals surface area contributed by atoms with E-state index in [4.69, 9.17) is 5.11 Å². The Hall–Kier alpha value is -2.21. The molecular weight excluding hydrogens is 305 g/mol. The van der Waals surface area contributed by atoms with Gasteiger partial charge in [0, 0.05) is 11.4 Å². The van der Waals surface area contributed by atoms with E-state index in [0.717, 1.165) is 23.8 Å². The molecule has 0 aliphatic carbocycles. The number of hydrogen-bond acceptors (Lipinski definition) is 3. The molecule has 1 aromatic carbocycles. The molecule has 1 fully saturated rings. The predicted molar refractivity (Wildman–Crippen MR) is 80.7 cm³/mol. The van der Waals surface area contributed by atoms with Crippen LogP contribution in [0.25, 0.3) is 0 Å². The van der Waals surface area contributed by atoms with Gasteiger partial charge < -0.3 is 10.0 Å². The Morgan fingerprint density at radius 3 is 2.77 bits per heavy atom. The summed E-state index contributed by atoms with van der Waals surface area (Å²) >= 11 is 1.58. The second-order valence-electron chi connectivity index (χ2n) is 5.17. The van der Waals surface area contributed by atoms with Crippen LogP contribution in [0.4, 0.5) is 4.39 Å². The quantitative estimate of drug-likeness (QED) is 0.941. The summed E-state index contributed by atoms with van der Waals surface area (Å²) in [5, 5.41) is 10.8. The van der Waals surface area contributed by atoms with Gasteiger partial charge in [0.15, 0.2) is 0 Å². The number of nitrogens with zero attached hydrogens (tertiary/aromatic N) is 1. The van der Waals surface area contributed by atoms with E-state index in [0.29, 0.717) is 6.54 Å². The van der Waals surface area contributed by atoms with E-state index >= 15 is 0 Å². The van der Waals surface area contributed by atoms with Gasteiger partial charge in [0.05, 0.1) is 17.2 Å². The largest absolute Gasteiger partial charge is 0.478 e. The van der Waals surface area contributed by atoms with E-state index in [2.05, 4.69) is 0 Å². The zero-order valence-electron chi connectivity index (χ0n) is 11.7. The van der Waals surface area contributed by atoms with Crippen molar-refractivity contribution >= 4 is 23.2 Å². The number of carbonyl (C=O) groups is 2. The standard InChI is InChI=1S/C16H14FNO3S/c17-12-9-10(16(20)21)5-6-11(12)15(19)18-7-1-3-13(18)14-4-2-8-22-14/h2,4-6,8-9,13H,1,3,7H2,(H,20,21). The third-order valence-electron chi connectivity index (χ3n) is 3.83. The van der Waals surface area contributed by atoms with Crippen molar-refractivity contribution in [2.24, 2.45) is 0 Å². The number of carboxylic acids is 1. The summed E-state index contributed by atoms with van der Waals surface area (Å²) in [5.41, 5.74) is -0.237. The first kappa shape index (κ1) is 14.7. The molecule has 2 heterocycles. The minimum absolute atomic E-state index is 0.0222. The lowest BCUT2D eigenvalue weighted by molar-refractivity contribution is 0.0690. The van der Waals surface area contributed by atoms with E-state index in [9.17, 15) is 14.0 Å². The van der Waals surface area contributed by atoms with Crippen LogP contribution in [0.3, 0.4) is 0 Å². The van der Waals surface area contributed by atoms with Gasteiger partial charge in [0.25, 0.3) is 5.91 Å². The number of aromatic carboxylic acids is 1. The van der Waals surface area contributed by atoms with Gasteiger partial charge in [-0.15, -0.1) is 11.3 Å². The number of rotatable bonds is 3. The summed E-state index contributed by atoms with van der Waals surface area (Å²) in [6, 6.07) is 7.30. The Morgan fingerprint density at radius 2 is 2.14 bits per heavy atom. The maximum Gasteiger partial charge on any atom is 0.335 e. The van der Waals surface area contributed by atoms with Gasteiger partial charge in [0.2, 0.25) is 0 Å². The fraction of sp³-hybridized carbons (Fsp3) is 0.250. The van der Waals surface area contributed by atoms with Crippen molar-refractivity contribution in [2.45, 2.75) is 18.9 Å². The van der Waals surface area contributed by atoms with Crippen LogP contribution in [0.2, 0.25) is 0 Å². The highest BCUT2D eigenvalue weighted by Gasteiger charge is 2.32. The SMILES string of the molecule is O=C(O)c1ccc(C(=O)N2CCCC2c2cccs2)c(F)c1. The van der Waals surface area contributed by atoms with Crippen molar-refractivity contribution in [3.05, 3.63) is 57.5 Å². The maximum atomic E-state index is 14.1. The smallest absolute Gasteiger partial charge is 0.335 e. The van der Waals surface area contributed by atoms with E-state index in [1.807, 2.05) is 17.5 Å². The van der Waals surface area contributed by atoms with E-state index in [1.54, 1.807) is 16.2 Å². The molecule has 0 spiro atoms. The van der Waals surface area contributed by atoms with Crippen molar-refractivity contribution in [1.29, 1.82) is 0 Å². The topological polar surface area (TPSA) is 57.6 Å². The number of amides is 1. The molecule has 0 bridgehead atoms. The van der Waals surface area contributed by atoms with Gasteiger partial charge >= 0.3 is 5.97 Å². The summed E-state index contributed by atoms with van der Waals surface area (Å²) in [6.45, 7) is 0.585. The molecule has 2 aromatic rings.